The van der Waals surface area contributed by atoms with E-state index in [-0.39, 0.29) is 32.7 Å². The van der Waals surface area contributed by atoms with Gasteiger partial charge in [0.25, 0.3) is 0 Å². The minimum Gasteiger partial charge on any atom is -0.177 e. The molecule has 0 aromatic heterocycles. The molecule has 0 N–H and O–H groups in total. The van der Waals surface area contributed by atoms with Gasteiger partial charge in [0.15, 0.2) is 0 Å². The molecule has 1 heteroatoms. The van der Waals surface area contributed by atoms with Crippen LogP contribution in [0.25, 0.3) is 0 Å². The zero-order valence-corrected chi connectivity index (χ0v) is 12.7. The van der Waals surface area contributed by atoms with Crippen LogP contribution in [0.1, 0.15) is 56.2 Å². The molecule has 0 unspecified atom stereocenters. The topological polar surface area (TPSA) is 0 Å². The van der Waals surface area contributed by atoms with Crippen LogP contribution in [0.5, 0.6) is 0 Å². The van der Waals surface area contributed by atoms with Crippen LogP contribution in [0, 0.1) is 13.0 Å². The first kappa shape index (κ1) is 14.3. The Balaban J connectivity index is 0.00000169. The van der Waals surface area contributed by atoms with E-state index >= 15 is 0 Å². The van der Waals surface area contributed by atoms with E-state index in [0.717, 1.165) is 0 Å². The van der Waals surface area contributed by atoms with Crippen molar-refractivity contribution in [2.24, 2.45) is 0 Å². The average Bonchev–Trinajstić information content (AvgIpc) is 2.03. The van der Waals surface area contributed by atoms with E-state index in [4.69, 9.17) is 0 Å². The summed E-state index contributed by atoms with van der Waals surface area (Å²) in [5.41, 5.74) is 4.07. The first-order valence-corrected chi connectivity index (χ1v) is 5.05. The molecule has 1 aromatic rings. The standard InChI is InChI=1S/C13H19.Y/c1-9(2)12-7-6-11(5)8-13(12)10(3)4;/h6-7,9-10H,1-5H3;/q-1;. The van der Waals surface area contributed by atoms with Crippen molar-refractivity contribution in [2.45, 2.75) is 46.5 Å². The van der Waals surface area contributed by atoms with Crippen LogP contribution in [0.2, 0.25) is 0 Å². The summed E-state index contributed by atoms with van der Waals surface area (Å²) in [6.45, 7) is 11.1. The number of rotatable bonds is 2. The van der Waals surface area contributed by atoms with Gasteiger partial charge in [-0.3, -0.25) is 0 Å². The molecule has 0 aliphatic carbocycles. The molecule has 1 aromatic carbocycles. The summed E-state index contributed by atoms with van der Waals surface area (Å²) < 4.78 is 0. The van der Waals surface area contributed by atoms with Crippen LogP contribution < -0.4 is 0 Å². The van der Waals surface area contributed by atoms with E-state index in [0.29, 0.717) is 11.8 Å². The SMILES string of the molecule is Cc1[c-]c(C(C)C)c(C(C)C)cc1.[Y]. The van der Waals surface area contributed by atoms with Gasteiger partial charge in [0.2, 0.25) is 0 Å². The fourth-order valence-electron chi connectivity index (χ4n) is 1.61. The van der Waals surface area contributed by atoms with Gasteiger partial charge in [-0.15, -0.1) is 0 Å². The van der Waals surface area contributed by atoms with Crippen LogP contribution in [0.3, 0.4) is 0 Å². The molecule has 1 radical (unpaired) electrons. The van der Waals surface area contributed by atoms with E-state index in [1.54, 1.807) is 0 Å². The zero-order valence-electron chi connectivity index (χ0n) is 9.89. The van der Waals surface area contributed by atoms with Crippen molar-refractivity contribution in [1.29, 1.82) is 0 Å². The largest absolute Gasteiger partial charge is 0.177 e. The van der Waals surface area contributed by atoms with Crippen molar-refractivity contribution < 1.29 is 32.7 Å². The molecule has 75 valence electrons. The van der Waals surface area contributed by atoms with Crippen LogP contribution in [0.15, 0.2) is 12.1 Å². The quantitative estimate of drug-likeness (QED) is 0.707. The number of hydrogen-bond acceptors (Lipinski definition) is 0. The molecule has 0 fully saturated rings. The van der Waals surface area contributed by atoms with Crippen molar-refractivity contribution in [3.63, 3.8) is 0 Å². The minimum atomic E-state index is 0. The fourth-order valence-corrected chi connectivity index (χ4v) is 1.61. The molecule has 0 bridgehead atoms. The maximum Gasteiger partial charge on any atom is 0 e. The summed E-state index contributed by atoms with van der Waals surface area (Å²) in [4.78, 5) is 0. The molecule has 14 heavy (non-hydrogen) atoms. The molecule has 0 atom stereocenters. The maximum absolute atomic E-state index is 3.46. The third-order valence-electron chi connectivity index (χ3n) is 2.36. The first-order valence-electron chi connectivity index (χ1n) is 5.05. The molecule has 0 aliphatic heterocycles. The predicted octanol–water partition coefficient (Wildman–Crippen LogP) is 4.04. The first-order chi connectivity index (χ1) is 6.02. The molecular formula is C13H19Y-. The minimum absolute atomic E-state index is 0. The number of aryl methyl sites for hydroxylation is 1. The third kappa shape index (κ3) is 3.48. The maximum atomic E-state index is 3.46. The summed E-state index contributed by atoms with van der Waals surface area (Å²) in [7, 11) is 0. The molecule has 1 rings (SSSR count). The Morgan fingerprint density at radius 3 is 2.00 bits per heavy atom. The second-order valence-electron chi connectivity index (χ2n) is 4.32. The Labute approximate surface area is 113 Å². The molecule has 0 saturated carbocycles. The Morgan fingerprint density at radius 1 is 1.00 bits per heavy atom. The second kappa shape index (κ2) is 6.03. The molecular weight excluding hydrogens is 245 g/mol. The normalized spacial score (nSPS) is 10.5. The van der Waals surface area contributed by atoms with E-state index in [1.807, 2.05) is 0 Å². The smallest absolute Gasteiger partial charge is 0 e. The molecule has 0 saturated heterocycles. The Kier molecular flexibility index (Phi) is 6.17. The third-order valence-corrected chi connectivity index (χ3v) is 2.36. The van der Waals surface area contributed by atoms with Crippen LogP contribution >= 0.6 is 0 Å². The molecule has 0 aliphatic rings. The van der Waals surface area contributed by atoms with Gasteiger partial charge < -0.3 is 0 Å². The Morgan fingerprint density at radius 2 is 1.57 bits per heavy atom. The molecule has 0 spiro atoms. The number of hydrogen-bond donors (Lipinski definition) is 0. The van der Waals surface area contributed by atoms with Crippen molar-refractivity contribution in [2.75, 3.05) is 0 Å². The Hall–Kier alpha value is 0.324. The summed E-state index contributed by atoms with van der Waals surface area (Å²) >= 11 is 0. The summed E-state index contributed by atoms with van der Waals surface area (Å²) in [5.74, 6) is 1.19. The van der Waals surface area contributed by atoms with Gasteiger partial charge in [0, 0.05) is 32.7 Å². The van der Waals surface area contributed by atoms with Gasteiger partial charge in [0.05, 0.1) is 0 Å². The summed E-state index contributed by atoms with van der Waals surface area (Å²) in [5, 5.41) is 0. The van der Waals surface area contributed by atoms with E-state index in [2.05, 4.69) is 52.8 Å². The predicted molar refractivity (Wildman–Crippen MR) is 58.2 cm³/mol. The van der Waals surface area contributed by atoms with Gasteiger partial charge in [-0.05, 0) is 5.92 Å². The van der Waals surface area contributed by atoms with Crippen LogP contribution in [0.4, 0.5) is 0 Å². The average molecular weight is 264 g/mol. The van der Waals surface area contributed by atoms with Gasteiger partial charge in [-0.25, -0.2) is 0 Å². The van der Waals surface area contributed by atoms with Gasteiger partial charge in [0.1, 0.15) is 0 Å². The van der Waals surface area contributed by atoms with Gasteiger partial charge in [-0.1, -0.05) is 40.5 Å². The van der Waals surface area contributed by atoms with Crippen LogP contribution in [-0.4, -0.2) is 0 Å². The second-order valence-corrected chi connectivity index (χ2v) is 4.32. The Bertz CT molecular complexity index is 287. The van der Waals surface area contributed by atoms with E-state index in [9.17, 15) is 0 Å². The van der Waals surface area contributed by atoms with Crippen molar-refractivity contribution >= 4 is 0 Å². The molecule has 0 heterocycles. The number of benzene rings is 1. The summed E-state index contributed by atoms with van der Waals surface area (Å²) in [6.07, 6.45) is 0. The molecule has 0 amide bonds. The fraction of sp³-hybridized carbons (Fsp3) is 0.538. The van der Waals surface area contributed by atoms with Crippen molar-refractivity contribution in [3.05, 3.63) is 34.9 Å². The van der Waals surface area contributed by atoms with Crippen LogP contribution in [-0.2, 0) is 32.7 Å². The zero-order chi connectivity index (χ0) is 10.0. The molecule has 0 nitrogen and oxygen atoms in total. The van der Waals surface area contributed by atoms with E-state index in [1.165, 1.54) is 16.7 Å². The van der Waals surface area contributed by atoms with E-state index < -0.39 is 0 Å². The van der Waals surface area contributed by atoms with Crippen molar-refractivity contribution in [3.8, 4) is 0 Å². The summed E-state index contributed by atoms with van der Waals surface area (Å²) in [6, 6.07) is 7.85. The van der Waals surface area contributed by atoms with Crippen molar-refractivity contribution in [1.82, 2.24) is 0 Å². The van der Waals surface area contributed by atoms with Gasteiger partial charge in [-0.2, -0.15) is 34.9 Å². The van der Waals surface area contributed by atoms with Gasteiger partial charge >= 0.3 is 0 Å². The monoisotopic (exact) mass is 264 g/mol.